The lowest BCUT2D eigenvalue weighted by Gasteiger charge is -2.20. The van der Waals surface area contributed by atoms with Crippen LogP contribution in [-0.4, -0.2) is 19.3 Å². The number of alkyl halides is 3. The second-order valence-corrected chi connectivity index (χ2v) is 4.35. The molecule has 0 spiro atoms. The van der Waals surface area contributed by atoms with Crippen LogP contribution in [0.1, 0.15) is 38.3 Å². The molecule has 1 N–H and O–H groups in total. The molecule has 0 saturated heterocycles. The summed E-state index contributed by atoms with van der Waals surface area (Å²) in [5, 5.41) is 2.86. The van der Waals surface area contributed by atoms with Crippen molar-refractivity contribution in [2.24, 2.45) is 0 Å². The first-order chi connectivity index (χ1) is 8.96. The number of rotatable bonds is 7. The SMILES string of the molecule is CCCOc1ccc(C(CC(F)(F)F)NCC)cc1. The monoisotopic (exact) mass is 275 g/mol. The van der Waals surface area contributed by atoms with Gasteiger partial charge in [0.1, 0.15) is 5.75 Å². The van der Waals surface area contributed by atoms with Gasteiger partial charge in [-0.3, -0.25) is 0 Å². The van der Waals surface area contributed by atoms with E-state index < -0.39 is 18.6 Å². The average Bonchev–Trinajstić information content (AvgIpc) is 2.35. The molecule has 0 radical (unpaired) electrons. The van der Waals surface area contributed by atoms with E-state index in [0.29, 0.717) is 24.5 Å². The van der Waals surface area contributed by atoms with Gasteiger partial charge in [-0.1, -0.05) is 26.0 Å². The van der Waals surface area contributed by atoms with Crippen LogP contribution in [0.25, 0.3) is 0 Å². The van der Waals surface area contributed by atoms with Crippen molar-refractivity contribution in [3.05, 3.63) is 29.8 Å². The zero-order valence-corrected chi connectivity index (χ0v) is 11.3. The van der Waals surface area contributed by atoms with Crippen LogP contribution >= 0.6 is 0 Å². The maximum absolute atomic E-state index is 12.5. The van der Waals surface area contributed by atoms with E-state index in [1.165, 1.54) is 0 Å². The predicted molar refractivity (Wildman–Crippen MR) is 69.3 cm³/mol. The van der Waals surface area contributed by atoms with Crippen LogP contribution in [0.3, 0.4) is 0 Å². The van der Waals surface area contributed by atoms with Crippen LogP contribution in [0.5, 0.6) is 5.75 Å². The number of benzene rings is 1. The Hall–Kier alpha value is -1.23. The highest BCUT2D eigenvalue weighted by Gasteiger charge is 2.32. The molecule has 0 aliphatic carbocycles. The summed E-state index contributed by atoms with van der Waals surface area (Å²) < 4.78 is 42.9. The Kier molecular flexibility index (Phi) is 6.15. The average molecular weight is 275 g/mol. The van der Waals surface area contributed by atoms with Crippen molar-refractivity contribution in [3.8, 4) is 5.75 Å². The highest BCUT2D eigenvalue weighted by molar-refractivity contribution is 5.29. The van der Waals surface area contributed by atoms with Crippen molar-refractivity contribution in [2.45, 2.75) is 38.9 Å². The summed E-state index contributed by atoms with van der Waals surface area (Å²) in [5.41, 5.74) is 0.628. The van der Waals surface area contributed by atoms with Crippen molar-refractivity contribution in [1.82, 2.24) is 5.32 Å². The van der Waals surface area contributed by atoms with E-state index >= 15 is 0 Å². The zero-order chi connectivity index (χ0) is 14.3. The Morgan fingerprint density at radius 3 is 2.26 bits per heavy atom. The third kappa shape index (κ3) is 5.96. The molecule has 5 heteroatoms. The number of hydrogen-bond donors (Lipinski definition) is 1. The van der Waals surface area contributed by atoms with Crippen molar-refractivity contribution in [1.29, 1.82) is 0 Å². The van der Waals surface area contributed by atoms with E-state index in [4.69, 9.17) is 4.74 Å². The van der Waals surface area contributed by atoms with Gasteiger partial charge in [0.05, 0.1) is 13.0 Å². The molecule has 108 valence electrons. The van der Waals surface area contributed by atoms with Gasteiger partial charge < -0.3 is 10.1 Å². The highest BCUT2D eigenvalue weighted by Crippen LogP contribution is 2.30. The van der Waals surface area contributed by atoms with Crippen LogP contribution in [0.2, 0.25) is 0 Å². The molecule has 19 heavy (non-hydrogen) atoms. The van der Waals surface area contributed by atoms with Crippen molar-refractivity contribution >= 4 is 0 Å². The minimum Gasteiger partial charge on any atom is -0.494 e. The maximum Gasteiger partial charge on any atom is 0.390 e. The van der Waals surface area contributed by atoms with Gasteiger partial charge in [-0.15, -0.1) is 0 Å². The molecule has 0 amide bonds. The summed E-state index contributed by atoms with van der Waals surface area (Å²) in [7, 11) is 0. The van der Waals surface area contributed by atoms with E-state index in [2.05, 4.69) is 5.32 Å². The van der Waals surface area contributed by atoms with Crippen LogP contribution in [0.15, 0.2) is 24.3 Å². The second kappa shape index (κ2) is 7.38. The fourth-order valence-corrected chi connectivity index (χ4v) is 1.80. The van der Waals surface area contributed by atoms with Crippen molar-refractivity contribution < 1.29 is 17.9 Å². The molecule has 0 fully saturated rings. The molecule has 0 bridgehead atoms. The highest BCUT2D eigenvalue weighted by atomic mass is 19.4. The lowest BCUT2D eigenvalue weighted by molar-refractivity contribution is -0.140. The summed E-state index contributed by atoms with van der Waals surface area (Å²) in [4.78, 5) is 0. The molecule has 0 aromatic heterocycles. The molecular weight excluding hydrogens is 255 g/mol. The largest absolute Gasteiger partial charge is 0.494 e. The third-order valence-corrected chi connectivity index (χ3v) is 2.64. The summed E-state index contributed by atoms with van der Waals surface area (Å²) in [6.45, 7) is 4.90. The first-order valence-corrected chi connectivity index (χ1v) is 6.49. The molecule has 0 aliphatic rings. The molecule has 1 rings (SSSR count). The Morgan fingerprint density at radius 1 is 1.16 bits per heavy atom. The minimum absolute atomic E-state index is 0.495. The van der Waals surface area contributed by atoms with Gasteiger partial charge in [-0.2, -0.15) is 13.2 Å². The third-order valence-electron chi connectivity index (χ3n) is 2.64. The van der Waals surface area contributed by atoms with Crippen LogP contribution < -0.4 is 10.1 Å². The van der Waals surface area contributed by atoms with Crippen LogP contribution in [0, 0.1) is 0 Å². The lowest BCUT2D eigenvalue weighted by atomic mass is 10.0. The fraction of sp³-hybridized carbons (Fsp3) is 0.571. The molecule has 1 aromatic rings. The standard InChI is InChI=1S/C14H20F3NO/c1-3-9-19-12-7-5-11(6-8-12)13(18-4-2)10-14(15,16)17/h5-8,13,18H,3-4,9-10H2,1-2H3. The van der Waals surface area contributed by atoms with E-state index in [9.17, 15) is 13.2 Å². The summed E-state index contributed by atoms with van der Waals surface area (Å²) in [6, 6.07) is 6.09. The lowest BCUT2D eigenvalue weighted by Crippen LogP contribution is -2.26. The smallest absolute Gasteiger partial charge is 0.390 e. The van der Waals surface area contributed by atoms with Gasteiger partial charge in [0.15, 0.2) is 0 Å². The molecule has 2 nitrogen and oxygen atoms in total. The fourth-order valence-electron chi connectivity index (χ4n) is 1.80. The number of ether oxygens (including phenoxy) is 1. The van der Waals surface area contributed by atoms with Gasteiger partial charge in [0.2, 0.25) is 0 Å². The van der Waals surface area contributed by atoms with Crippen molar-refractivity contribution in [3.63, 3.8) is 0 Å². The Balaban J connectivity index is 2.73. The van der Waals surface area contributed by atoms with Gasteiger partial charge in [-0.25, -0.2) is 0 Å². The van der Waals surface area contributed by atoms with Crippen molar-refractivity contribution in [2.75, 3.05) is 13.2 Å². The number of nitrogens with one attached hydrogen (secondary N) is 1. The van der Waals surface area contributed by atoms with Gasteiger partial charge >= 0.3 is 6.18 Å². The number of halogens is 3. The first kappa shape index (κ1) is 15.8. The Bertz CT molecular complexity index is 362. The second-order valence-electron chi connectivity index (χ2n) is 4.35. The minimum atomic E-state index is -4.18. The predicted octanol–water partition coefficient (Wildman–Crippen LogP) is 4.08. The summed E-state index contributed by atoms with van der Waals surface area (Å²) in [5.74, 6) is 0.688. The number of hydrogen-bond acceptors (Lipinski definition) is 2. The van der Waals surface area contributed by atoms with Gasteiger partial charge in [0, 0.05) is 6.04 Å². The quantitative estimate of drug-likeness (QED) is 0.809. The molecular formula is C14H20F3NO. The molecule has 1 atom stereocenters. The van der Waals surface area contributed by atoms with Gasteiger partial charge in [0.25, 0.3) is 0 Å². The Morgan fingerprint density at radius 2 is 1.79 bits per heavy atom. The van der Waals surface area contributed by atoms with Gasteiger partial charge in [-0.05, 0) is 30.7 Å². The first-order valence-electron chi connectivity index (χ1n) is 6.49. The normalized spacial score (nSPS) is 13.3. The topological polar surface area (TPSA) is 21.3 Å². The van der Waals surface area contributed by atoms with E-state index in [0.717, 1.165) is 6.42 Å². The Labute approximate surface area is 112 Å². The summed E-state index contributed by atoms with van der Waals surface area (Å²) in [6.07, 6.45) is -4.14. The summed E-state index contributed by atoms with van der Waals surface area (Å²) >= 11 is 0. The van der Waals surface area contributed by atoms with E-state index in [1.807, 2.05) is 6.92 Å². The van der Waals surface area contributed by atoms with Crippen LogP contribution in [0.4, 0.5) is 13.2 Å². The maximum atomic E-state index is 12.5. The van der Waals surface area contributed by atoms with Crippen LogP contribution in [-0.2, 0) is 0 Å². The molecule has 1 unspecified atom stereocenters. The van der Waals surface area contributed by atoms with E-state index in [-0.39, 0.29) is 0 Å². The van der Waals surface area contributed by atoms with E-state index in [1.54, 1.807) is 31.2 Å². The molecule has 0 heterocycles. The molecule has 0 aliphatic heterocycles. The molecule has 1 aromatic carbocycles. The molecule has 0 saturated carbocycles. The zero-order valence-electron chi connectivity index (χ0n) is 11.3.